The van der Waals surface area contributed by atoms with Gasteiger partial charge in [0.25, 0.3) is 0 Å². The van der Waals surface area contributed by atoms with Crippen LogP contribution in [0.5, 0.6) is 0 Å². The molecule has 1 aromatic carbocycles. The highest BCUT2D eigenvalue weighted by atomic mass is 16.4. The summed E-state index contributed by atoms with van der Waals surface area (Å²) in [5.74, 6) is 6.13. The van der Waals surface area contributed by atoms with Crippen molar-refractivity contribution in [3.8, 4) is 11.7 Å². The van der Waals surface area contributed by atoms with Gasteiger partial charge in [0.15, 0.2) is 0 Å². The number of hydrogen-bond donors (Lipinski definition) is 0. The third-order valence-corrected chi connectivity index (χ3v) is 1.67. The minimum absolute atomic E-state index is 0.00444. The minimum Gasteiger partial charge on any atom is -0.422 e. The molecule has 1 nitrogen and oxygen atoms in total. The molecule has 0 heterocycles. The summed E-state index contributed by atoms with van der Waals surface area (Å²) in [5, 5.41) is 0. The molecule has 0 aliphatic rings. The summed E-state index contributed by atoms with van der Waals surface area (Å²) in [7, 11) is 0. The van der Waals surface area contributed by atoms with Crippen LogP contribution < -0.4 is 0 Å². The maximum atomic E-state index is 5.50. The summed E-state index contributed by atoms with van der Waals surface area (Å²) in [6.45, 7) is 5.99. The van der Waals surface area contributed by atoms with Gasteiger partial charge in [0.05, 0.1) is 0 Å². The molecule has 1 aromatic rings. The third-order valence-electron chi connectivity index (χ3n) is 1.67. The fraction of sp³-hybridized carbons (Fsp3) is 0.333. The van der Waals surface area contributed by atoms with Gasteiger partial charge in [-0.3, -0.25) is 0 Å². The summed E-state index contributed by atoms with van der Waals surface area (Å²) in [6, 6.07) is 9.94. The van der Waals surface area contributed by atoms with Gasteiger partial charge in [-0.2, -0.15) is 0 Å². The van der Waals surface area contributed by atoms with E-state index in [0.29, 0.717) is 0 Å². The van der Waals surface area contributed by atoms with E-state index in [1.54, 1.807) is 0 Å². The lowest BCUT2D eigenvalue weighted by atomic mass is 9.72. The first-order valence-electron chi connectivity index (χ1n) is 4.90. The van der Waals surface area contributed by atoms with Crippen molar-refractivity contribution in [1.29, 1.82) is 0 Å². The first-order valence-corrected chi connectivity index (χ1v) is 4.90. The summed E-state index contributed by atoms with van der Waals surface area (Å²) in [6.07, 6.45) is 0.232. The third kappa shape index (κ3) is 4.16. The van der Waals surface area contributed by atoms with Crippen LogP contribution >= 0.6 is 0 Å². The van der Waals surface area contributed by atoms with Crippen LogP contribution in [0.25, 0.3) is 0 Å². The van der Waals surface area contributed by atoms with Crippen molar-refractivity contribution in [2.75, 3.05) is 0 Å². The van der Waals surface area contributed by atoms with Crippen molar-refractivity contribution in [3.05, 3.63) is 35.9 Å². The number of benzene rings is 1. The van der Waals surface area contributed by atoms with Crippen LogP contribution in [0.3, 0.4) is 0 Å². The molecule has 0 fully saturated rings. The molecule has 0 aromatic heterocycles. The fourth-order valence-corrected chi connectivity index (χ4v) is 1.15. The molecule has 0 amide bonds. The van der Waals surface area contributed by atoms with Crippen LogP contribution in [0, 0.1) is 11.7 Å². The van der Waals surface area contributed by atoms with E-state index < -0.39 is 0 Å². The van der Waals surface area contributed by atoms with Crippen molar-refractivity contribution >= 4 is 6.92 Å². The second-order valence-corrected chi connectivity index (χ2v) is 3.46. The molecule has 0 aliphatic heterocycles. The normalized spacial score (nSPS) is 9.43. The SMILES string of the molecule is CB(C#Cc1ccccc1)OC(C)C. The second kappa shape index (κ2) is 5.52. The van der Waals surface area contributed by atoms with Crippen LogP contribution in [-0.4, -0.2) is 13.0 Å². The van der Waals surface area contributed by atoms with E-state index >= 15 is 0 Å². The van der Waals surface area contributed by atoms with Gasteiger partial charge in [-0.1, -0.05) is 24.1 Å². The average Bonchev–Trinajstić information content (AvgIpc) is 2.15. The topological polar surface area (TPSA) is 9.23 Å². The highest BCUT2D eigenvalue weighted by Crippen LogP contribution is 1.96. The smallest absolute Gasteiger partial charge is 0.377 e. The molecule has 2 heteroatoms. The molecule has 0 unspecified atom stereocenters. The van der Waals surface area contributed by atoms with E-state index in [0.717, 1.165) is 5.56 Å². The van der Waals surface area contributed by atoms with Gasteiger partial charge in [0.1, 0.15) is 0 Å². The Bertz CT molecular complexity index is 321. The molecule has 0 saturated heterocycles. The lowest BCUT2D eigenvalue weighted by Crippen LogP contribution is -2.16. The molecular weight excluding hydrogens is 171 g/mol. The lowest BCUT2D eigenvalue weighted by Gasteiger charge is -2.06. The largest absolute Gasteiger partial charge is 0.422 e. The molecule has 0 bridgehead atoms. The van der Waals surface area contributed by atoms with Gasteiger partial charge in [-0.15, -0.1) is 5.82 Å². The van der Waals surface area contributed by atoms with E-state index in [2.05, 4.69) is 11.7 Å². The maximum absolute atomic E-state index is 5.50. The number of hydrogen-bond acceptors (Lipinski definition) is 1. The minimum atomic E-state index is -0.00444. The van der Waals surface area contributed by atoms with Gasteiger partial charge in [0.2, 0.25) is 0 Å². The van der Waals surface area contributed by atoms with E-state index in [1.165, 1.54) is 0 Å². The fourth-order valence-electron chi connectivity index (χ4n) is 1.15. The zero-order valence-electron chi connectivity index (χ0n) is 8.95. The Balaban J connectivity index is 2.55. The summed E-state index contributed by atoms with van der Waals surface area (Å²) in [5.41, 5.74) is 1.03. The van der Waals surface area contributed by atoms with Gasteiger partial charge >= 0.3 is 6.92 Å². The van der Waals surface area contributed by atoms with Crippen molar-refractivity contribution in [3.63, 3.8) is 0 Å². The van der Waals surface area contributed by atoms with Gasteiger partial charge in [0, 0.05) is 11.7 Å². The Morgan fingerprint density at radius 2 is 1.86 bits per heavy atom. The molecule has 72 valence electrons. The molecule has 14 heavy (non-hydrogen) atoms. The quantitative estimate of drug-likeness (QED) is 0.509. The van der Waals surface area contributed by atoms with Crippen LogP contribution in [0.2, 0.25) is 6.82 Å². The van der Waals surface area contributed by atoms with Crippen LogP contribution in [0.4, 0.5) is 0 Å². The van der Waals surface area contributed by atoms with Crippen LogP contribution in [-0.2, 0) is 4.65 Å². The van der Waals surface area contributed by atoms with Gasteiger partial charge < -0.3 is 4.65 Å². The molecule has 1 rings (SSSR count). The molecule has 0 saturated carbocycles. The Kier molecular flexibility index (Phi) is 4.29. The molecule has 0 spiro atoms. The van der Waals surface area contributed by atoms with E-state index in [9.17, 15) is 0 Å². The summed E-state index contributed by atoms with van der Waals surface area (Å²) < 4.78 is 5.50. The first-order chi connectivity index (χ1) is 6.68. The Labute approximate surface area is 86.6 Å². The Hall–Kier alpha value is -1.20. The average molecular weight is 186 g/mol. The monoisotopic (exact) mass is 186 g/mol. The molecular formula is C12H15BO. The maximum Gasteiger partial charge on any atom is 0.377 e. The van der Waals surface area contributed by atoms with E-state index in [4.69, 9.17) is 4.65 Å². The zero-order chi connectivity index (χ0) is 10.4. The van der Waals surface area contributed by atoms with E-state index in [-0.39, 0.29) is 13.0 Å². The Morgan fingerprint density at radius 3 is 2.43 bits per heavy atom. The van der Waals surface area contributed by atoms with Crippen molar-refractivity contribution < 1.29 is 4.65 Å². The van der Waals surface area contributed by atoms with Gasteiger partial charge in [-0.25, -0.2) is 0 Å². The highest BCUT2D eigenvalue weighted by molar-refractivity contribution is 6.59. The second-order valence-electron chi connectivity index (χ2n) is 3.46. The lowest BCUT2D eigenvalue weighted by molar-refractivity contribution is 0.251. The molecule has 0 atom stereocenters. The van der Waals surface area contributed by atoms with Crippen molar-refractivity contribution in [1.82, 2.24) is 0 Å². The Morgan fingerprint density at radius 1 is 1.21 bits per heavy atom. The van der Waals surface area contributed by atoms with Crippen LogP contribution in [0.15, 0.2) is 30.3 Å². The summed E-state index contributed by atoms with van der Waals surface area (Å²) >= 11 is 0. The predicted molar refractivity (Wildman–Crippen MR) is 61.2 cm³/mol. The highest BCUT2D eigenvalue weighted by Gasteiger charge is 2.05. The first kappa shape index (κ1) is 10.9. The van der Waals surface area contributed by atoms with Gasteiger partial charge in [-0.05, 0) is 32.8 Å². The standard InChI is InChI=1S/C12H15BO/c1-11(2)14-13(3)10-9-12-7-5-4-6-8-12/h4-8,11H,1-3H3. The molecule has 0 radical (unpaired) electrons. The molecule has 0 aliphatic carbocycles. The van der Waals surface area contributed by atoms with E-state index in [1.807, 2.05) is 51.0 Å². The zero-order valence-corrected chi connectivity index (χ0v) is 8.95. The van der Waals surface area contributed by atoms with Crippen molar-refractivity contribution in [2.24, 2.45) is 0 Å². The molecule has 0 N–H and O–H groups in total. The predicted octanol–water partition coefficient (Wildman–Crippen LogP) is 2.62. The van der Waals surface area contributed by atoms with Crippen LogP contribution in [0.1, 0.15) is 19.4 Å². The number of rotatable bonds is 2. The summed E-state index contributed by atoms with van der Waals surface area (Å²) in [4.78, 5) is 0. The van der Waals surface area contributed by atoms with Crippen molar-refractivity contribution in [2.45, 2.75) is 26.8 Å².